The van der Waals surface area contributed by atoms with Crippen LogP contribution in [0.1, 0.15) is 24.4 Å². The topological polar surface area (TPSA) is 26.0 Å². The molecule has 1 atom stereocenters. The standard InChI is InChI=1S/C12H11ClF5N.ClH/c13-9-8(14)2-1-7(10(9)15)11(19)5-3-6(4-5)12(16,17)18;/h1-2,5-6,11H,3-4,19H2;1H/t5-,6-,11?;. The first-order valence-electron chi connectivity index (χ1n) is 5.67. The van der Waals surface area contributed by atoms with Gasteiger partial charge in [-0.05, 0) is 24.8 Å². The fraction of sp³-hybridized carbons (Fsp3) is 0.500. The van der Waals surface area contributed by atoms with Gasteiger partial charge in [0.1, 0.15) is 16.7 Å². The van der Waals surface area contributed by atoms with Gasteiger partial charge in [-0.2, -0.15) is 13.2 Å². The Bertz CT molecular complexity index is 485. The quantitative estimate of drug-likeness (QED) is 0.619. The SMILES string of the molecule is Cl.NC(c1ccc(F)c(Cl)c1F)[C@H]1C[C@H](C(F)(F)F)C1. The molecule has 0 aromatic heterocycles. The number of alkyl halides is 3. The highest BCUT2D eigenvalue weighted by Gasteiger charge is 2.49. The van der Waals surface area contributed by atoms with Gasteiger partial charge >= 0.3 is 6.18 Å². The lowest BCUT2D eigenvalue weighted by Crippen LogP contribution is -2.40. The molecule has 114 valence electrons. The van der Waals surface area contributed by atoms with Crippen molar-refractivity contribution >= 4 is 24.0 Å². The molecule has 0 saturated heterocycles. The van der Waals surface area contributed by atoms with Crippen LogP contribution in [-0.2, 0) is 0 Å². The van der Waals surface area contributed by atoms with Crippen LogP contribution in [0.15, 0.2) is 12.1 Å². The van der Waals surface area contributed by atoms with Crippen LogP contribution in [0, 0.1) is 23.5 Å². The minimum absolute atomic E-state index is 0. The van der Waals surface area contributed by atoms with E-state index in [4.69, 9.17) is 17.3 Å². The zero-order chi connectivity index (χ0) is 14.4. The number of hydrogen-bond acceptors (Lipinski definition) is 1. The van der Waals surface area contributed by atoms with Crippen LogP contribution >= 0.6 is 24.0 Å². The Hall–Kier alpha value is -0.590. The Kier molecular flexibility index (Phi) is 5.27. The minimum Gasteiger partial charge on any atom is -0.324 e. The van der Waals surface area contributed by atoms with Crippen LogP contribution in [0.4, 0.5) is 22.0 Å². The second-order valence-electron chi connectivity index (χ2n) is 4.76. The monoisotopic (exact) mass is 335 g/mol. The third-order valence-corrected chi connectivity index (χ3v) is 3.92. The molecule has 0 radical (unpaired) electrons. The second kappa shape index (κ2) is 6.03. The van der Waals surface area contributed by atoms with Gasteiger partial charge in [0.15, 0.2) is 0 Å². The van der Waals surface area contributed by atoms with Gasteiger partial charge in [0.05, 0.1) is 5.92 Å². The zero-order valence-electron chi connectivity index (χ0n) is 10.1. The van der Waals surface area contributed by atoms with Crippen LogP contribution in [-0.4, -0.2) is 6.18 Å². The molecule has 8 heteroatoms. The van der Waals surface area contributed by atoms with Gasteiger partial charge in [-0.25, -0.2) is 8.78 Å². The Labute approximate surface area is 123 Å². The molecular formula is C12H12Cl2F5N. The summed E-state index contributed by atoms with van der Waals surface area (Å²) in [5, 5.41) is -0.681. The van der Waals surface area contributed by atoms with Crippen molar-refractivity contribution in [3.63, 3.8) is 0 Å². The van der Waals surface area contributed by atoms with E-state index in [-0.39, 0.29) is 30.8 Å². The largest absolute Gasteiger partial charge is 0.391 e. The average molecular weight is 336 g/mol. The van der Waals surface area contributed by atoms with E-state index in [2.05, 4.69) is 0 Å². The molecule has 0 aliphatic heterocycles. The molecule has 1 aliphatic carbocycles. The van der Waals surface area contributed by atoms with Crippen molar-refractivity contribution in [3.8, 4) is 0 Å². The van der Waals surface area contributed by atoms with E-state index in [9.17, 15) is 22.0 Å². The summed E-state index contributed by atoms with van der Waals surface area (Å²) in [6, 6.07) is 1.18. The Morgan fingerprint density at radius 1 is 1.20 bits per heavy atom. The molecular weight excluding hydrogens is 324 g/mol. The van der Waals surface area contributed by atoms with Crippen molar-refractivity contribution in [1.82, 2.24) is 0 Å². The maximum absolute atomic E-state index is 13.7. The van der Waals surface area contributed by atoms with Gasteiger partial charge in [0.25, 0.3) is 0 Å². The predicted octanol–water partition coefficient (Wildman–Crippen LogP) is 4.63. The number of rotatable bonds is 2. The van der Waals surface area contributed by atoms with Crippen LogP contribution in [0.25, 0.3) is 0 Å². The summed E-state index contributed by atoms with van der Waals surface area (Å²) in [7, 11) is 0. The van der Waals surface area contributed by atoms with Crippen molar-refractivity contribution < 1.29 is 22.0 Å². The van der Waals surface area contributed by atoms with Crippen molar-refractivity contribution in [1.29, 1.82) is 0 Å². The van der Waals surface area contributed by atoms with E-state index in [0.717, 1.165) is 12.1 Å². The summed E-state index contributed by atoms with van der Waals surface area (Å²) in [5.41, 5.74) is 5.69. The summed E-state index contributed by atoms with van der Waals surface area (Å²) in [4.78, 5) is 0. The van der Waals surface area contributed by atoms with E-state index < -0.39 is 40.7 Å². The van der Waals surface area contributed by atoms with Gasteiger partial charge in [0, 0.05) is 11.6 Å². The number of hydrogen-bond donors (Lipinski definition) is 1. The summed E-state index contributed by atoms with van der Waals surface area (Å²) < 4.78 is 63.7. The van der Waals surface area contributed by atoms with Crippen molar-refractivity contribution in [3.05, 3.63) is 34.4 Å². The Balaban J connectivity index is 0.00000200. The number of nitrogens with two attached hydrogens (primary N) is 1. The lowest BCUT2D eigenvalue weighted by molar-refractivity contribution is -0.206. The molecule has 1 aliphatic rings. The first kappa shape index (κ1) is 17.5. The summed E-state index contributed by atoms with van der Waals surface area (Å²) in [5.74, 6) is -3.77. The fourth-order valence-electron chi connectivity index (χ4n) is 2.27. The molecule has 1 saturated carbocycles. The van der Waals surface area contributed by atoms with E-state index in [1.807, 2.05) is 0 Å². The van der Waals surface area contributed by atoms with Crippen LogP contribution < -0.4 is 5.73 Å². The van der Waals surface area contributed by atoms with Gasteiger partial charge < -0.3 is 5.73 Å². The maximum atomic E-state index is 13.7. The smallest absolute Gasteiger partial charge is 0.324 e. The van der Waals surface area contributed by atoms with Crippen LogP contribution in [0.5, 0.6) is 0 Å². The number of benzene rings is 1. The molecule has 1 nitrogen and oxygen atoms in total. The predicted molar refractivity (Wildman–Crippen MR) is 67.8 cm³/mol. The molecule has 0 spiro atoms. The van der Waals surface area contributed by atoms with Crippen molar-refractivity contribution in [2.45, 2.75) is 25.1 Å². The molecule has 20 heavy (non-hydrogen) atoms. The number of halogens is 7. The zero-order valence-corrected chi connectivity index (χ0v) is 11.6. The first-order chi connectivity index (χ1) is 8.71. The van der Waals surface area contributed by atoms with Crippen LogP contribution in [0.3, 0.4) is 0 Å². The molecule has 0 bridgehead atoms. The third-order valence-electron chi connectivity index (χ3n) is 3.57. The Morgan fingerprint density at radius 2 is 1.75 bits per heavy atom. The van der Waals surface area contributed by atoms with Crippen LogP contribution in [0.2, 0.25) is 5.02 Å². The minimum atomic E-state index is -4.24. The molecule has 1 aromatic carbocycles. The molecule has 0 amide bonds. The van der Waals surface area contributed by atoms with E-state index >= 15 is 0 Å². The van der Waals surface area contributed by atoms with Gasteiger partial charge in [-0.15, -0.1) is 12.4 Å². The second-order valence-corrected chi connectivity index (χ2v) is 5.14. The summed E-state index contributed by atoms with van der Waals surface area (Å²) >= 11 is 5.41. The normalized spacial score (nSPS) is 23.8. The Morgan fingerprint density at radius 3 is 2.25 bits per heavy atom. The molecule has 2 N–H and O–H groups in total. The third kappa shape index (κ3) is 3.18. The molecule has 0 heterocycles. The van der Waals surface area contributed by atoms with Gasteiger partial charge in [0.2, 0.25) is 0 Å². The van der Waals surface area contributed by atoms with E-state index in [1.165, 1.54) is 0 Å². The average Bonchev–Trinajstić information content (AvgIpc) is 2.21. The lowest BCUT2D eigenvalue weighted by atomic mass is 9.69. The highest BCUT2D eigenvalue weighted by atomic mass is 35.5. The van der Waals surface area contributed by atoms with E-state index in [1.54, 1.807) is 0 Å². The first-order valence-corrected chi connectivity index (χ1v) is 6.05. The van der Waals surface area contributed by atoms with Crippen molar-refractivity contribution in [2.75, 3.05) is 0 Å². The van der Waals surface area contributed by atoms with E-state index in [0.29, 0.717) is 0 Å². The lowest BCUT2D eigenvalue weighted by Gasteiger charge is -2.40. The highest BCUT2D eigenvalue weighted by molar-refractivity contribution is 6.30. The highest BCUT2D eigenvalue weighted by Crippen LogP contribution is 2.49. The molecule has 2 rings (SSSR count). The van der Waals surface area contributed by atoms with Gasteiger partial charge in [-0.3, -0.25) is 0 Å². The fourth-order valence-corrected chi connectivity index (χ4v) is 2.45. The molecule has 1 aromatic rings. The summed E-state index contributed by atoms with van der Waals surface area (Å²) in [6.45, 7) is 0. The summed E-state index contributed by atoms with van der Waals surface area (Å²) in [6.07, 6.45) is -4.52. The maximum Gasteiger partial charge on any atom is 0.391 e. The van der Waals surface area contributed by atoms with Crippen molar-refractivity contribution in [2.24, 2.45) is 17.6 Å². The van der Waals surface area contributed by atoms with Gasteiger partial charge in [-0.1, -0.05) is 17.7 Å². The molecule has 1 fully saturated rings. The molecule has 1 unspecified atom stereocenters.